The summed E-state index contributed by atoms with van der Waals surface area (Å²) in [5.74, 6) is 1.08. The van der Waals surface area contributed by atoms with E-state index in [4.69, 9.17) is 4.74 Å². The number of benzene rings is 1. The van der Waals surface area contributed by atoms with E-state index in [1.165, 1.54) is 18.4 Å². The molecule has 1 fully saturated rings. The number of phenolic OH excluding ortho intramolecular Hbond substituents is 1. The smallest absolute Gasteiger partial charge is 0.115 e. The molecule has 0 radical (unpaired) electrons. The standard InChI is InChI=1S/C14H21NO2/c1-17-11-12-5-7-15(8-6-12)10-13-3-2-4-14(16)9-13/h2-4,9,12,16H,5-8,10-11H2,1H3. The molecule has 0 atom stereocenters. The molecule has 3 nitrogen and oxygen atoms in total. The van der Waals surface area contributed by atoms with Gasteiger partial charge in [0.15, 0.2) is 0 Å². The number of rotatable bonds is 4. The summed E-state index contributed by atoms with van der Waals surface area (Å²) in [6.45, 7) is 4.08. The molecule has 0 aliphatic carbocycles. The molecule has 1 saturated heterocycles. The van der Waals surface area contributed by atoms with Gasteiger partial charge in [0, 0.05) is 20.3 Å². The molecule has 1 heterocycles. The maximum atomic E-state index is 9.42. The molecule has 0 amide bonds. The number of piperidine rings is 1. The largest absolute Gasteiger partial charge is 0.508 e. The molecule has 1 aromatic carbocycles. The third kappa shape index (κ3) is 3.72. The lowest BCUT2D eigenvalue weighted by molar-refractivity contribution is 0.0968. The summed E-state index contributed by atoms with van der Waals surface area (Å²) in [5, 5.41) is 9.42. The summed E-state index contributed by atoms with van der Waals surface area (Å²) < 4.78 is 5.20. The van der Waals surface area contributed by atoms with Gasteiger partial charge in [-0.05, 0) is 49.5 Å². The summed E-state index contributed by atoms with van der Waals surface area (Å²) in [5.41, 5.74) is 1.19. The molecule has 1 aliphatic rings. The van der Waals surface area contributed by atoms with Crippen molar-refractivity contribution >= 4 is 0 Å². The zero-order chi connectivity index (χ0) is 12.1. The minimum absolute atomic E-state index is 0.358. The van der Waals surface area contributed by atoms with E-state index in [0.717, 1.165) is 32.2 Å². The number of phenols is 1. The van der Waals surface area contributed by atoms with Crippen LogP contribution in [0.4, 0.5) is 0 Å². The Bertz CT molecular complexity index is 346. The molecule has 2 rings (SSSR count). The van der Waals surface area contributed by atoms with Gasteiger partial charge < -0.3 is 9.84 Å². The van der Waals surface area contributed by atoms with Gasteiger partial charge in [-0.2, -0.15) is 0 Å². The monoisotopic (exact) mass is 235 g/mol. The van der Waals surface area contributed by atoms with Crippen molar-refractivity contribution < 1.29 is 9.84 Å². The first kappa shape index (κ1) is 12.4. The molecule has 17 heavy (non-hydrogen) atoms. The Balaban J connectivity index is 1.82. The number of methoxy groups -OCH3 is 1. The first-order valence-corrected chi connectivity index (χ1v) is 6.27. The average Bonchev–Trinajstić information content (AvgIpc) is 2.32. The Hall–Kier alpha value is -1.06. The van der Waals surface area contributed by atoms with Crippen LogP contribution in [0.5, 0.6) is 5.75 Å². The molecule has 0 aromatic heterocycles. The number of hydrogen-bond donors (Lipinski definition) is 1. The van der Waals surface area contributed by atoms with E-state index >= 15 is 0 Å². The normalized spacial score (nSPS) is 18.4. The summed E-state index contributed by atoms with van der Waals surface area (Å²) >= 11 is 0. The number of likely N-dealkylation sites (tertiary alicyclic amines) is 1. The summed E-state index contributed by atoms with van der Waals surface area (Å²) in [6.07, 6.45) is 2.43. The molecular formula is C14H21NO2. The van der Waals surface area contributed by atoms with Crippen molar-refractivity contribution in [1.82, 2.24) is 4.90 Å². The Morgan fingerprint density at radius 1 is 1.35 bits per heavy atom. The number of nitrogens with zero attached hydrogens (tertiary/aromatic N) is 1. The van der Waals surface area contributed by atoms with E-state index in [1.807, 2.05) is 12.1 Å². The predicted octanol–water partition coefficient (Wildman–Crippen LogP) is 2.25. The van der Waals surface area contributed by atoms with Gasteiger partial charge in [0.25, 0.3) is 0 Å². The van der Waals surface area contributed by atoms with E-state index in [1.54, 1.807) is 13.2 Å². The van der Waals surface area contributed by atoms with E-state index in [9.17, 15) is 5.11 Å². The topological polar surface area (TPSA) is 32.7 Å². The van der Waals surface area contributed by atoms with E-state index in [-0.39, 0.29) is 0 Å². The molecule has 1 aliphatic heterocycles. The minimum Gasteiger partial charge on any atom is -0.508 e. The Labute approximate surface area is 103 Å². The van der Waals surface area contributed by atoms with E-state index < -0.39 is 0 Å². The van der Waals surface area contributed by atoms with Crippen LogP contribution in [0.2, 0.25) is 0 Å². The molecule has 94 valence electrons. The zero-order valence-electron chi connectivity index (χ0n) is 10.4. The van der Waals surface area contributed by atoms with Gasteiger partial charge in [-0.3, -0.25) is 4.90 Å². The number of ether oxygens (including phenoxy) is 1. The van der Waals surface area contributed by atoms with Crippen LogP contribution in [0.15, 0.2) is 24.3 Å². The van der Waals surface area contributed by atoms with Crippen molar-refractivity contribution in [1.29, 1.82) is 0 Å². The SMILES string of the molecule is COCC1CCN(Cc2cccc(O)c2)CC1. The maximum Gasteiger partial charge on any atom is 0.115 e. The number of aromatic hydroxyl groups is 1. The number of hydrogen-bond acceptors (Lipinski definition) is 3. The van der Waals surface area contributed by atoms with Gasteiger partial charge in [-0.1, -0.05) is 12.1 Å². The fourth-order valence-corrected chi connectivity index (χ4v) is 2.46. The molecule has 1 aromatic rings. The lowest BCUT2D eigenvalue weighted by Crippen LogP contribution is -2.34. The Kier molecular flexibility index (Phi) is 4.40. The summed E-state index contributed by atoms with van der Waals surface area (Å²) in [6, 6.07) is 7.54. The highest BCUT2D eigenvalue weighted by Crippen LogP contribution is 2.20. The first-order chi connectivity index (χ1) is 8.28. The van der Waals surface area contributed by atoms with E-state index in [0.29, 0.717) is 5.75 Å². The third-order valence-corrected chi connectivity index (χ3v) is 3.43. The summed E-state index contributed by atoms with van der Waals surface area (Å²) in [4.78, 5) is 2.45. The fraction of sp³-hybridized carbons (Fsp3) is 0.571. The quantitative estimate of drug-likeness (QED) is 0.869. The molecule has 0 spiro atoms. The van der Waals surface area contributed by atoms with Crippen molar-refractivity contribution in [3.8, 4) is 5.75 Å². The van der Waals surface area contributed by atoms with Gasteiger partial charge in [0.05, 0.1) is 0 Å². The van der Waals surface area contributed by atoms with Gasteiger partial charge in [0.2, 0.25) is 0 Å². The third-order valence-electron chi connectivity index (χ3n) is 3.43. The van der Waals surface area contributed by atoms with Crippen molar-refractivity contribution in [3.63, 3.8) is 0 Å². The fourth-order valence-electron chi connectivity index (χ4n) is 2.46. The Morgan fingerprint density at radius 2 is 2.12 bits per heavy atom. The van der Waals surface area contributed by atoms with Crippen LogP contribution in [0.3, 0.4) is 0 Å². The maximum absolute atomic E-state index is 9.42. The second kappa shape index (κ2) is 6.03. The van der Waals surface area contributed by atoms with Crippen LogP contribution in [-0.4, -0.2) is 36.8 Å². The average molecular weight is 235 g/mol. The van der Waals surface area contributed by atoms with Gasteiger partial charge in [0.1, 0.15) is 5.75 Å². The van der Waals surface area contributed by atoms with Gasteiger partial charge >= 0.3 is 0 Å². The second-order valence-electron chi connectivity index (χ2n) is 4.84. The van der Waals surface area contributed by atoms with Crippen LogP contribution in [0.25, 0.3) is 0 Å². The van der Waals surface area contributed by atoms with Crippen molar-refractivity contribution in [3.05, 3.63) is 29.8 Å². The molecule has 0 bridgehead atoms. The van der Waals surface area contributed by atoms with Crippen molar-refractivity contribution in [2.45, 2.75) is 19.4 Å². The van der Waals surface area contributed by atoms with Crippen LogP contribution < -0.4 is 0 Å². The zero-order valence-corrected chi connectivity index (χ0v) is 10.4. The van der Waals surface area contributed by atoms with Crippen LogP contribution in [0, 0.1) is 5.92 Å². The molecule has 3 heteroatoms. The highest BCUT2D eigenvalue weighted by atomic mass is 16.5. The van der Waals surface area contributed by atoms with Crippen LogP contribution in [-0.2, 0) is 11.3 Å². The lowest BCUT2D eigenvalue weighted by Gasteiger charge is -2.31. The molecular weight excluding hydrogens is 214 g/mol. The van der Waals surface area contributed by atoms with Gasteiger partial charge in [-0.25, -0.2) is 0 Å². The van der Waals surface area contributed by atoms with Crippen molar-refractivity contribution in [2.75, 3.05) is 26.8 Å². The first-order valence-electron chi connectivity index (χ1n) is 6.27. The van der Waals surface area contributed by atoms with Crippen LogP contribution in [0.1, 0.15) is 18.4 Å². The molecule has 0 unspecified atom stereocenters. The second-order valence-corrected chi connectivity index (χ2v) is 4.84. The molecule has 1 N–H and O–H groups in total. The van der Waals surface area contributed by atoms with Gasteiger partial charge in [-0.15, -0.1) is 0 Å². The highest BCUT2D eigenvalue weighted by molar-refractivity contribution is 5.26. The van der Waals surface area contributed by atoms with Crippen LogP contribution >= 0.6 is 0 Å². The minimum atomic E-state index is 0.358. The predicted molar refractivity (Wildman–Crippen MR) is 68.0 cm³/mol. The van der Waals surface area contributed by atoms with E-state index in [2.05, 4.69) is 11.0 Å². The molecule has 0 saturated carbocycles. The van der Waals surface area contributed by atoms with Crippen molar-refractivity contribution in [2.24, 2.45) is 5.92 Å². The highest BCUT2D eigenvalue weighted by Gasteiger charge is 2.18. The summed E-state index contributed by atoms with van der Waals surface area (Å²) in [7, 11) is 1.78. The lowest BCUT2D eigenvalue weighted by atomic mass is 9.97. The Morgan fingerprint density at radius 3 is 2.76 bits per heavy atom.